The molecule has 0 spiro atoms. The van der Waals surface area contributed by atoms with Crippen LogP contribution >= 0.6 is 0 Å². The van der Waals surface area contributed by atoms with Gasteiger partial charge in [-0.1, -0.05) is 31.9 Å². The maximum absolute atomic E-state index is 5.53. The third kappa shape index (κ3) is 5.43. The number of allylic oxidation sites excluding steroid dienone is 1. The van der Waals surface area contributed by atoms with E-state index in [1.54, 1.807) is 14.2 Å². The molecule has 0 bridgehead atoms. The van der Waals surface area contributed by atoms with Crippen LogP contribution in [0.2, 0.25) is 0 Å². The van der Waals surface area contributed by atoms with Gasteiger partial charge in [0, 0.05) is 6.04 Å². The van der Waals surface area contributed by atoms with Crippen LogP contribution in [0.25, 0.3) is 0 Å². The number of unbranched alkanes of at least 4 members (excludes halogenated alkanes) is 3. The van der Waals surface area contributed by atoms with Gasteiger partial charge in [0.05, 0.1) is 19.8 Å². The van der Waals surface area contributed by atoms with E-state index in [0.717, 1.165) is 36.4 Å². The molecule has 21 heavy (non-hydrogen) atoms. The first-order valence-corrected chi connectivity index (χ1v) is 7.83. The van der Waals surface area contributed by atoms with Gasteiger partial charge < -0.3 is 14.8 Å². The Morgan fingerprint density at radius 1 is 1.14 bits per heavy atom. The molecule has 0 aliphatic carbocycles. The van der Waals surface area contributed by atoms with Gasteiger partial charge in [-0.15, -0.1) is 6.58 Å². The average molecular weight is 291 g/mol. The van der Waals surface area contributed by atoms with Crippen LogP contribution in [0.5, 0.6) is 11.5 Å². The maximum Gasteiger partial charge on any atom is 0.127 e. The molecule has 1 aromatic carbocycles. The number of benzene rings is 1. The zero-order chi connectivity index (χ0) is 15.5. The smallest absolute Gasteiger partial charge is 0.127 e. The molecule has 1 unspecified atom stereocenters. The van der Waals surface area contributed by atoms with Crippen molar-refractivity contribution in [1.29, 1.82) is 0 Å². The summed E-state index contributed by atoms with van der Waals surface area (Å²) in [7, 11) is 3.43. The summed E-state index contributed by atoms with van der Waals surface area (Å²) in [5, 5.41) is 3.56. The Hall–Kier alpha value is -1.48. The first-order valence-electron chi connectivity index (χ1n) is 7.83. The van der Waals surface area contributed by atoms with Crippen LogP contribution in [0.1, 0.15) is 50.6 Å². The van der Waals surface area contributed by atoms with Gasteiger partial charge >= 0.3 is 0 Å². The van der Waals surface area contributed by atoms with Crippen LogP contribution in [-0.2, 0) is 0 Å². The van der Waals surface area contributed by atoms with Gasteiger partial charge in [-0.25, -0.2) is 0 Å². The summed E-state index contributed by atoms with van der Waals surface area (Å²) < 4.78 is 11.1. The summed E-state index contributed by atoms with van der Waals surface area (Å²) in [4.78, 5) is 0. The van der Waals surface area contributed by atoms with Gasteiger partial charge in [-0.3, -0.25) is 0 Å². The van der Waals surface area contributed by atoms with Gasteiger partial charge in [-0.2, -0.15) is 0 Å². The zero-order valence-corrected chi connectivity index (χ0v) is 13.7. The van der Waals surface area contributed by atoms with E-state index in [1.165, 1.54) is 19.3 Å². The summed E-state index contributed by atoms with van der Waals surface area (Å²) in [5.74, 6) is 1.79. The van der Waals surface area contributed by atoms with Crippen molar-refractivity contribution in [2.45, 2.75) is 45.1 Å². The summed E-state index contributed by atoms with van der Waals surface area (Å²) in [6.45, 7) is 6.83. The van der Waals surface area contributed by atoms with E-state index in [1.807, 2.05) is 24.3 Å². The second-order valence-corrected chi connectivity index (χ2v) is 5.11. The van der Waals surface area contributed by atoms with Gasteiger partial charge in [0.25, 0.3) is 0 Å². The summed E-state index contributed by atoms with van der Waals surface area (Å²) in [6, 6.07) is 6.23. The minimum absolute atomic E-state index is 0.268. The fourth-order valence-electron chi connectivity index (χ4n) is 2.63. The van der Waals surface area contributed by atoms with E-state index in [0.29, 0.717) is 0 Å². The molecule has 0 saturated heterocycles. The molecule has 0 fully saturated rings. The fourth-order valence-corrected chi connectivity index (χ4v) is 2.63. The fraction of sp³-hybridized carbons (Fsp3) is 0.556. The highest BCUT2D eigenvalue weighted by atomic mass is 16.5. The monoisotopic (exact) mass is 291 g/mol. The first-order chi connectivity index (χ1) is 10.3. The number of nitrogens with one attached hydrogen (secondary N) is 1. The van der Waals surface area contributed by atoms with E-state index in [-0.39, 0.29) is 6.04 Å². The number of hydrogen-bond acceptors (Lipinski definition) is 3. The van der Waals surface area contributed by atoms with Crippen molar-refractivity contribution >= 4 is 0 Å². The molecule has 0 heterocycles. The molecular weight excluding hydrogens is 262 g/mol. The predicted molar refractivity (Wildman–Crippen MR) is 89.2 cm³/mol. The molecule has 0 aliphatic rings. The third-order valence-electron chi connectivity index (χ3n) is 3.67. The van der Waals surface area contributed by atoms with E-state index >= 15 is 0 Å². The molecule has 0 aliphatic heterocycles. The third-order valence-corrected chi connectivity index (χ3v) is 3.67. The highest BCUT2D eigenvalue weighted by molar-refractivity contribution is 5.47. The molecule has 0 aromatic heterocycles. The van der Waals surface area contributed by atoms with E-state index in [9.17, 15) is 0 Å². The van der Waals surface area contributed by atoms with Gasteiger partial charge in [0.1, 0.15) is 11.5 Å². The van der Waals surface area contributed by atoms with Crippen LogP contribution in [0.15, 0.2) is 30.9 Å². The highest BCUT2D eigenvalue weighted by Crippen LogP contribution is 2.36. The lowest BCUT2D eigenvalue weighted by Gasteiger charge is -2.23. The molecule has 3 nitrogen and oxygen atoms in total. The van der Waals surface area contributed by atoms with E-state index < -0.39 is 0 Å². The Morgan fingerprint density at radius 2 is 1.81 bits per heavy atom. The second kappa shape index (κ2) is 10.3. The number of methoxy groups -OCH3 is 2. The predicted octanol–water partition coefficient (Wildman–Crippen LogP) is 4.49. The minimum Gasteiger partial charge on any atom is -0.496 e. The molecule has 0 amide bonds. The lowest BCUT2D eigenvalue weighted by molar-refractivity contribution is 0.364. The molecule has 1 N–H and O–H groups in total. The Bertz CT molecular complexity index is 395. The number of rotatable bonds is 11. The largest absolute Gasteiger partial charge is 0.496 e. The average Bonchev–Trinajstić information content (AvgIpc) is 2.52. The molecule has 3 heteroatoms. The van der Waals surface area contributed by atoms with Crippen molar-refractivity contribution in [3.8, 4) is 11.5 Å². The summed E-state index contributed by atoms with van der Waals surface area (Å²) in [6.07, 6.45) is 7.81. The van der Waals surface area contributed by atoms with Crippen molar-refractivity contribution < 1.29 is 9.47 Å². The Labute approximate surface area is 129 Å². The highest BCUT2D eigenvalue weighted by Gasteiger charge is 2.19. The topological polar surface area (TPSA) is 30.5 Å². The lowest BCUT2D eigenvalue weighted by atomic mass is 9.98. The maximum atomic E-state index is 5.53. The van der Waals surface area contributed by atoms with Crippen molar-refractivity contribution in [3.05, 3.63) is 36.4 Å². The van der Waals surface area contributed by atoms with Crippen LogP contribution < -0.4 is 14.8 Å². The standard InChI is InChI=1S/C18H29NO2/c1-5-7-8-9-10-12-15(19-6-2)18-16(20-3)13-11-14-17(18)21-4/h5,11,13-15,19H,1,6-10,12H2,2-4H3. The van der Waals surface area contributed by atoms with E-state index in [4.69, 9.17) is 9.47 Å². The van der Waals surface area contributed by atoms with Crippen LogP contribution in [-0.4, -0.2) is 20.8 Å². The Morgan fingerprint density at radius 3 is 2.33 bits per heavy atom. The molecule has 0 radical (unpaired) electrons. The molecule has 118 valence electrons. The number of hydrogen-bond donors (Lipinski definition) is 1. The molecular formula is C18H29NO2. The van der Waals surface area contributed by atoms with Crippen LogP contribution in [0.3, 0.4) is 0 Å². The van der Waals surface area contributed by atoms with Crippen molar-refractivity contribution in [2.75, 3.05) is 20.8 Å². The number of ether oxygens (including phenoxy) is 2. The molecule has 1 aromatic rings. The van der Waals surface area contributed by atoms with Crippen molar-refractivity contribution in [3.63, 3.8) is 0 Å². The molecule has 1 rings (SSSR count). The normalized spacial score (nSPS) is 12.0. The van der Waals surface area contributed by atoms with Crippen molar-refractivity contribution in [2.24, 2.45) is 0 Å². The van der Waals surface area contributed by atoms with Crippen LogP contribution in [0, 0.1) is 0 Å². The minimum atomic E-state index is 0.268. The quantitative estimate of drug-likeness (QED) is 0.481. The summed E-state index contributed by atoms with van der Waals surface area (Å²) >= 11 is 0. The van der Waals surface area contributed by atoms with Gasteiger partial charge in [-0.05, 0) is 37.9 Å². The van der Waals surface area contributed by atoms with Gasteiger partial charge in [0.15, 0.2) is 0 Å². The van der Waals surface area contributed by atoms with Gasteiger partial charge in [0.2, 0.25) is 0 Å². The first kappa shape index (κ1) is 17.6. The summed E-state index contributed by atoms with van der Waals surface area (Å²) in [5.41, 5.74) is 1.13. The molecule has 0 saturated carbocycles. The molecule has 1 atom stereocenters. The zero-order valence-electron chi connectivity index (χ0n) is 13.7. The second-order valence-electron chi connectivity index (χ2n) is 5.11. The Balaban J connectivity index is 2.81. The Kier molecular flexibility index (Phi) is 8.60. The SMILES string of the molecule is C=CCCCCCC(NCC)c1c(OC)cccc1OC. The van der Waals surface area contributed by atoms with E-state index in [2.05, 4.69) is 18.8 Å². The van der Waals surface area contributed by atoms with Crippen LogP contribution in [0.4, 0.5) is 0 Å². The lowest BCUT2D eigenvalue weighted by Crippen LogP contribution is -2.22. The van der Waals surface area contributed by atoms with Crippen molar-refractivity contribution in [1.82, 2.24) is 5.32 Å².